The molecule has 0 spiro atoms. The van der Waals surface area contributed by atoms with Crippen LogP contribution in [0.15, 0.2) is 48.5 Å². The van der Waals surface area contributed by atoms with Gasteiger partial charge in [-0.05, 0) is 30.3 Å². The second kappa shape index (κ2) is 9.12. The summed E-state index contributed by atoms with van der Waals surface area (Å²) >= 11 is 0. The van der Waals surface area contributed by atoms with E-state index in [1.165, 1.54) is 0 Å². The molecule has 1 amide bonds. The summed E-state index contributed by atoms with van der Waals surface area (Å²) in [6.45, 7) is 1.26. The number of likely N-dealkylation sites (tertiary alicyclic amines) is 1. The van der Waals surface area contributed by atoms with Crippen molar-refractivity contribution in [1.82, 2.24) is 4.90 Å². The number of ether oxygens (including phenoxy) is 3. The van der Waals surface area contributed by atoms with Gasteiger partial charge >= 0.3 is 5.97 Å². The van der Waals surface area contributed by atoms with E-state index in [0.717, 1.165) is 17.1 Å². The molecule has 7 heteroatoms. The molecule has 1 aliphatic heterocycles. The van der Waals surface area contributed by atoms with Crippen molar-refractivity contribution in [3.05, 3.63) is 54.1 Å². The summed E-state index contributed by atoms with van der Waals surface area (Å²) < 4.78 is 16.6. The number of carbonyl (C=O) groups is 2. The zero-order valence-electron chi connectivity index (χ0n) is 15.7. The van der Waals surface area contributed by atoms with Gasteiger partial charge in [0, 0.05) is 25.1 Å². The lowest BCUT2D eigenvalue weighted by Gasteiger charge is -2.18. The van der Waals surface area contributed by atoms with Crippen LogP contribution in [-0.4, -0.2) is 48.8 Å². The second-order valence-electron chi connectivity index (χ2n) is 6.49. The van der Waals surface area contributed by atoms with Gasteiger partial charge in [-0.3, -0.25) is 9.59 Å². The topological polar surface area (TPSA) is 85.3 Å². The van der Waals surface area contributed by atoms with Gasteiger partial charge in [0.1, 0.15) is 30.5 Å². The molecule has 0 saturated carbocycles. The van der Waals surface area contributed by atoms with Crippen molar-refractivity contribution in [1.29, 1.82) is 0 Å². The Kier molecular flexibility index (Phi) is 6.37. The molecule has 148 valence electrons. The molecule has 2 aromatic carbocycles. The highest BCUT2D eigenvalue weighted by atomic mass is 16.5. The number of carboxylic acids is 1. The van der Waals surface area contributed by atoms with Crippen molar-refractivity contribution in [3.8, 4) is 17.2 Å². The van der Waals surface area contributed by atoms with Crippen LogP contribution >= 0.6 is 0 Å². The predicted octanol–water partition coefficient (Wildman–Crippen LogP) is 2.59. The third-order valence-corrected chi connectivity index (χ3v) is 4.57. The predicted molar refractivity (Wildman–Crippen MR) is 102 cm³/mol. The standard InChI is InChI=1S/C21H23NO6/c1-26-17-6-8-18(9-7-17)27-10-11-28-19-5-3-2-4-15(19)13-22-14-16(21(24)25)12-20(22)23/h2-9,16H,10-14H2,1H3,(H,24,25). The largest absolute Gasteiger partial charge is 0.497 e. The van der Waals surface area contributed by atoms with Gasteiger partial charge in [-0.15, -0.1) is 0 Å². The van der Waals surface area contributed by atoms with E-state index in [-0.39, 0.29) is 18.9 Å². The average Bonchev–Trinajstić information content (AvgIpc) is 3.07. The van der Waals surface area contributed by atoms with Crippen molar-refractivity contribution in [2.45, 2.75) is 13.0 Å². The zero-order chi connectivity index (χ0) is 19.9. The lowest BCUT2D eigenvalue weighted by molar-refractivity contribution is -0.141. The number of rotatable bonds is 9. The van der Waals surface area contributed by atoms with E-state index in [2.05, 4.69) is 0 Å². The van der Waals surface area contributed by atoms with Crippen molar-refractivity contribution in [3.63, 3.8) is 0 Å². The van der Waals surface area contributed by atoms with Crippen molar-refractivity contribution in [2.24, 2.45) is 5.92 Å². The molecular weight excluding hydrogens is 362 g/mol. The van der Waals surface area contributed by atoms with E-state index in [0.29, 0.717) is 25.5 Å². The Morgan fingerprint density at radius 2 is 1.75 bits per heavy atom. The molecule has 1 atom stereocenters. The lowest BCUT2D eigenvalue weighted by atomic mass is 10.1. The molecule has 7 nitrogen and oxygen atoms in total. The smallest absolute Gasteiger partial charge is 0.308 e. The quantitative estimate of drug-likeness (QED) is 0.668. The molecule has 1 saturated heterocycles. The fraction of sp³-hybridized carbons (Fsp3) is 0.333. The number of aliphatic carboxylic acids is 1. The maximum Gasteiger partial charge on any atom is 0.308 e. The molecule has 28 heavy (non-hydrogen) atoms. The molecule has 3 rings (SSSR count). The SMILES string of the molecule is COc1ccc(OCCOc2ccccc2CN2CC(C(=O)O)CC2=O)cc1. The average molecular weight is 385 g/mol. The number of nitrogens with zero attached hydrogens (tertiary/aromatic N) is 1. The number of methoxy groups -OCH3 is 1. The first-order valence-electron chi connectivity index (χ1n) is 9.05. The van der Waals surface area contributed by atoms with Gasteiger partial charge in [0.15, 0.2) is 0 Å². The Bertz CT molecular complexity index is 820. The number of hydrogen-bond donors (Lipinski definition) is 1. The summed E-state index contributed by atoms with van der Waals surface area (Å²) in [5.41, 5.74) is 0.839. The van der Waals surface area contributed by atoms with E-state index in [4.69, 9.17) is 19.3 Å². The fourth-order valence-electron chi connectivity index (χ4n) is 3.05. The monoisotopic (exact) mass is 385 g/mol. The van der Waals surface area contributed by atoms with Gasteiger partial charge < -0.3 is 24.2 Å². The lowest BCUT2D eigenvalue weighted by Crippen LogP contribution is -2.26. The van der Waals surface area contributed by atoms with E-state index in [1.807, 2.05) is 48.5 Å². The van der Waals surface area contributed by atoms with Crippen LogP contribution in [0.2, 0.25) is 0 Å². The summed E-state index contributed by atoms with van der Waals surface area (Å²) in [5.74, 6) is 0.422. The fourth-order valence-corrected chi connectivity index (χ4v) is 3.05. The molecule has 0 aliphatic carbocycles. The Hall–Kier alpha value is -3.22. The van der Waals surface area contributed by atoms with Crippen LogP contribution in [0.4, 0.5) is 0 Å². The van der Waals surface area contributed by atoms with Crippen LogP contribution in [0, 0.1) is 5.92 Å². The minimum absolute atomic E-state index is 0.0497. The molecule has 1 unspecified atom stereocenters. The molecule has 0 aromatic heterocycles. The summed E-state index contributed by atoms with van der Waals surface area (Å²) in [7, 11) is 1.61. The van der Waals surface area contributed by atoms with Crippen LogP contribution in [0.3, 0.4) is 0 Å². The second-order valence-corrected chi connectivity index (χ2v) is 6.49. The highest BCUT2D eigenvalue weighted by Gasteiger charge is 2.34. The first kappa shape index (κ1) is 19.5. The van der Waals surface area contributed by atoms with Crippen LogP contribution < -0.4 is 14.2 Å². The Labute approximate surface area is 163 Å². The summed E-state index contributed by atoms with van der Waals surface area (Å²) in [4.78, 5) is 24.7. The van der Waals surface area contributed by atoms with E-state index >= 15 is 0 Å². The maximum atomic E-state index is 12.1. The number of hydrogen-bond acceptors (Lipinski definition) is 5. The molecule has 1 fully saturated rings. The number of carboxylic acid groups (broad SMARTS) is 1. The summed E-state index contributed by atoms with van der Waals surface area (Å²) in [5, 5.41) is 9.11. The van der Waals surface area contributed by atoms with Gasteiger partial charge in [0.25, 0.3) is 0 Å². The summed E-state index contributed by atoms with van der Waals surface area (Å²) in [6, 6.07) is 14.7. The number of para-hydroxylation sites is 1. The van der Waals surface area contributed by atoms with Crippen LogP contribution in [-0.2, 0) is 16.1 Å². The van der Waals surface area contributed by atoms with Gasteiger partial charge in [-0.1, -0.05) is 18.2 Å². The van der Waals surface area contributed by atoms with Gasteiger partial charge in [-0.2, -0.15) is 0 Å². The number of benzene rings is 2. The highest BCUT2D eigenvalue weighted by molar-refractivity contribution is 5.86. The third-order valence-electron chi connectivity index (χ3n) is 4.57. The first-order valence-corrected chi connectivity index (χ1v) is 9.05. The highest BCUT2D eigenvalue weighted by Crippen LogP contribution is 2.25. The number of amides is 1. The van der Waals surface area contributed by atoms with Crippen molar-refractivity contribution < 1.29 is 28.9 Å². The van der Waals surface area contributed by atoms with Crippen LogP contribution in [0.1, 0.15) is 12.0 Å². The minimum Gasteiger partial charge on any atom is -0.497 e. The van der Waals surface area contributed by atoms with Gasteiger partial charge in [0.2, 0.25) is 5.91 Å². The Morgan fingerprint density at radius 1 is 1.07 bits per heavy atom. The van der Waals surface area contributed by atoms with Gasteiger partial charge in [-0.25, -0.2) is 0 Å². The molecule has 0 bridgehead atoms. The maximum absolute atomic E-state index is 12.1. The van der Waals surface area contributed by atoms with E-state index < -0.39 is 11.9 Å². The normalized spacial score (nSPS) is 16.1. The number of carbonyl (C=O) groups excluding carboxylic acids is 1. The Morgan fingerprint density at radius 3 is 2.43 bits per heavy atom. The minimum atomic E-state index is -0.934. The Balaban J connectivity index is 1.52. The first-order chi connectivity index (χ1) is 13.6. The molecule has 1 aliphatic rings. The molecule has 1 heterocycles. The van der Waals surface area contributed by atoms with E-state index in [1.54, 1.807) is 12.0 Å². The third kappa shape index (κ3) is 4.94. The molecule has 2 aromatic rings. The molecule has 1 N–H and O–H groups in total. The van der Waals surface area contributed by atoms with Crippen molar-refractivity contribution >= 4 is 11.9 Å². The molecular formula is C21H23NO6. The molecule has 0 radical (unpaired) electrons. The van der Waals surface area contributed by atoms with E-state index in [9.17, 15) is 9.59 Å². The zero-order valence-corrected chi connectivity index (χ0v) is 15.7. The van der Waals surface area contributed by atoms with Crippen LogP contribution in [0.25, 0.3) is 0 Å². The summed E-state index contributed by atoms with van der Waals surface area (Å²) in [6.07, 6.45) is 0.0497. The van der Waals surface area contributed by atoms with Crippen molar-refractivity contribution in [2.75, 3.05) is 26.9 Å². The van der Waals surface area contributed by atoms with Crippen LogP contribution in [0.5, 0.6) is 17.2 Å². The van der Waals surface area contributed by atoms with Gasteiger partial charge in [0.05, 0.1) is 13.0 Å².